The van der Waals surface area contributed by atoms with Gasteiger partial charge in [-0.3, -0.25) is 9.59 Å². The summed E-state index contributed by atoms with van der Waals surface area (Å²) in [7, 11) is 0. The molecule has 1 amide bonds. The summed E-state index contributed by atoms with van der Waals surface area (Å²) >= 11 is 0. The number of pyridine rings is 1. The van der Waals surface area contributed by atoms with Crippen LogP contribution in [0.15, 0.2) is 59.5 Å². The number of hydrogen-bond donors (Lipinski definition) is 3. The third kappa shape index (κ3) is 2.98. The molecule has 0 spiro atoms. The lowest BCUT2D eigenvalue weighted by molar-refractivity contribution is 0.102. The van der Waals surface area contributed by atoms with Gasteiger partial charge in [-0.05, 0) is 48.5 Å². The Morgan fingerprint density at radius 1 is 1.04 bits per heavy atom. The first-order valence-electron chi connectivity index (χ1n) is 8.10. The number of carbonyl (C=O) groups excluding carboxylic acids is 1. The van der Waals surface area contributed by atoms with Crippen molar-refractivity contribution in [3.8, 4) is 11.4 Å². The van der Waals surface area contributed by atoms with Gasteiger partial charge in [0.1, 0.15) is 28.6 Å². The summed E-state index contributed by atoms with van der Waals surface area (Å²) < 4.78 is 27.4. The van der Waals surface area contributed by atoms with Crippen LogP contribution in [0, 0.1) is 11.6 Å². The van der Waals surface area contributed by atoms with E-state index in [2.05, 4.69) is 15.4 Å². The Hall–Kier alpha value is -4.01. The van der Waals surface area contributed by atoms with Gasteiger partial charge in [-0.1, -0.05) is 0 Å². The molecule has 0 aliphatic rings. The highest BCUT2D eigenvalue weighted by Gasteiger charge is 2.22. The summed E-state index contributed by atoms with van der Waals surface area (Å²) in [5.41, 5.74) is -0.487. The van der Waals surface area contributed by atoms with Crippen molar-refractivity contribution in [2.45, 2.75) is 0 Å². The van der Waals surface area contributed by atoms with Crippen LogP contribution in [0.2, 0.25) is 0 Å². The van der Waals surface area contributed by atoms with E-state index in [0.717, 1.165) is 12.1 Å². The van der Waals surface area contributed by atoms with Crippen molar-refractivity contribution < 1.29 is 18.7 Å². The number of hydrogen-bond acceptors (Lipinski definition) is 4. The molecular formula is C19H12F2N4O3. The van der Waals surface area contributed by atoms with Crippen LogP contribution in [0.4, 0.5) is 14.5 Å². The lowest BCUT2D eigenvalue weighted by Crippen LogP contribution is -2.23. The largest absolute Gasteiger partial charge is 0.506 e. The second kappa shape index (κ2) is 6.62. The number of aromatic amines is 1. The zero-order valence-electron chi connectivity index (χ0n) is 14.1. The number of fused-ring (bicyclic) bond motifs is 1. The van der Waals surface area contributed by atoms with Gasteiger partial charge in [-0.15, -0.1) is 0 Å². The van der Waals surface area contributed by atoms with Crippen molar-refractivity contribution in [3.63, 3.8) is 0 Å². The number of aromatic nitrogens is 3. The first-order chi connectivity index (χ1) is 13.4. The molecule has 0 radical (unpaired) electrons. The van der Waals surface area contributed by atoms with Crippen LogP contribution in [0.1, 0.15) is 10.4 Å². The third-order valence-corrected chi connectivity index (χ3v) is 4.12. The highest BCUT2D eigenvalue weighted by molar-refractivity contribution is 6.08. The molecule has 0 fully saturated rings. The van der Waals surface area contributed by atoms with E-state index in [1.807, 2.05) is 0 Å². The molecule has 0 aliphatic heterocycles. The van der Waals surface area contributed by atoms with Crippen molar-refractivity contribution >= 4 is 22.6 Å². The molecule has 7 nitrogen and oxygen atoms in total. The number of halogens is 2. The second-order valence-electron chi connectivity index (χ2n) is 5.93. The first-order valence-corrected chi connectivity index (χ1v) is 8.10. The number of rotatable bonds is 3. The van der Waals surface area contributed by atoms with E-state index in [1.165, 1.54) is 47.3 Å². The average molecular weight is 382 g/mol. The molecule has 2 aromatic heterocycles. The maximum atomic E-state index is 13.1. The standard InChI is InChI=1S/C19H12F2N4O3/c20-10-1-5-12(6-2-10)23-18(27)15-16(26)14-9-22-25(17(14)24-19(15)28)13-7-3-11(21)4-8-13/h1-9H,(H,23,27)(H2,24,26,28). The Morgan fingerprint density at radius 2 is 1.64 bits per heavy atom. The predicted molar refractivity (Wildman–Crippen MR) is 97.7 cm³/mol. The fraction of sp³-hybridized carbons (Fsp3) is 0. The Balaban J connectivity index is 1.76. The average Bonchev–Trinajstić information content (AvgIpc) is 3.08. The Bertz CT molecular complexity index is 1250. The molecule has 2 heterocycles. The van der Waals surface area contributed by atoms with Crippen LogP contribution in [0.25, 0.3) is 16.7 Å². The Kier molecular flexibility index (Phi) is 4.11. The fourth-order valence-corrected chi connectivity index (χ4v) is 2.77. The quantitative estimate of drug-likeness (QED) is 0.507. The molecule has 28 heavy (non-hydrogen) atoms. The van der Waals surface area contributed by atoms with Gasteiger partial charge in [0.15, 0.2) is 0 Å². The zero-order chi connectivity index (χ0) is 19.8. The molecule has 0 saturated heterocycles. The summed E-state index contributed by atoms with van der Waals surface area (Å²) in [6, 6.07) is 10.3. The molecular weight excluding hydrogens is 370 g/mol. The molecule has 3 N–H and O–H groups in total. The number of nitrogens with zero attached hydrogens (tertiary/aromatic N) is 2. The minimum absolute atomic E-state index is 0.133. The Morgan fingerprint density at radius 3 is 2.29 bits per heavy atom. The van der Waals surface area contributed by atoms with Crippen molar-refractivity contribution in [3.05, 3.63) is 82.3 Å². The van der Waals surface area contributed by atoms with Gasteiger partial charge in [0, 0.05) is 5.69 Å². The zero-order valence-corrected chi connectivity index (χ0v) is 14.1. The summed E-state index contributed by atoms with van der Waals surface area (Å²) in [5.74, 6) is -2.32. The van der Waals surface area contributed by atoms with E-state index >= 15 is 0 Å². The summed E-state index contributed by atoms with van der Waals surface area (Å²) in [5, 5.41) is 17.1. The van der Waals surface area contributed by atoms with E-state index in [0.29, 0.717) is 5.69 Å². The van der Waals surface area contributed by atoms with E-state index in [9.17, 15) is 23.5 Å². The second-order valence-corrected chi connectivity index (χ2v) is 5.93. The SMILES string of the molecule is O=C(Nc1ccc(F)cc1)c1c(O)c2cnn(-c3ccc(F)cc3)c2[nH]c1=O. The van der Waals surface area contributed by atoms with E-state index < -0.39 is 34.4 Å². The predicted octanol–water partition coefficient (Wildman–Crippen LogP) is 2.95. The van der Waals surface area contributed by atoms with Gasteiger partial charge in [-0.25, -0.2) is 13.5 Å². The van der Waals surface area contributed by atoms with Gasteiger partial charge in [0.2, 0.25) is 0 Å². The summed E-state index contributed by atoms with van der Waals surface area (Å²) in [6.45, 7) is 0. The highest BCUT2D eigenvalue weighted by atomic mass is 19.1. The van der Waals surface area contributed by atoms with E-state index in [-0.39, 0.29) is 16.7 Å². The Labute approximate surface area is 155 Å². The molecule has 9 heteroatoms. The van der Waals surface area contributed by atoms with Gasteiger partial charge in [-0.2, -0.15) is 5.10 Å². The van der Waals surface area contributed by atoms with Crippen molar-refractivity contribution in [2.75, 3.05) is 5.32 Å². The third-order valence-electron chi connectivity index (χ3n) is 4.12. The maximum absolute atomic E-state index is 13.1. The molecule has 0 unspecified atom stereocenters. The number of H-pyrrole nitrogens is 1. The molecule has 4 aromatic rings. The normalized spacial score (nSPS) is 10.9. The topological polar surface area (TPSA) is 100 Å². The van der Waals surface area contributed by atoms with E-state index in [4.69, 9.17) is 0 Å². The van der Waals surface area contributed by atoms with Crippen molar-refractivity contribution in [1.29, 1.82) is 0 Å². The smallest absolute Gasteiger partial charge is 0.266 e. The lowest BCUT2D eigenvalue weighted by atomic mass is 10.2. The summed E-state index contributed by atoms with van der Waals surface area (Å²) in [6.07, 6.45) is 1.28. The molecule has 0 bridgehead atoms. The van der Waals surface area contributed by atoms with E-state index in [1.54, 1.807) is 0 Å². The fourth-order valence-electron chi connectivity index (χ4n) is 2.77. The van der Waals surface area contributed by atoms with Crippen LogP contribution in [-0.4, -0.2) is 25.8 Å². The first kappa shape index (κ1) is 17.4. The number of benzene rings is 2. The van der Waals surface area contributed by atoms with Crippen LogP contribution in [-0.2, 0) is 0 Å². The summed E-state index contributed by atoms with van der Waals surface area (Å²) in [4.78, 5) is 27.4. The monoisotopic (exact) mass is 382 g/mol. The molecule has 0 saturated carbocycles. The highest BCUT2D eigenvalue weighted by Crippen LogP contribution is 2.27. The lowest BCUT2D eigenvalue weighted by Gasteiger charge is -2.08. The molecule has 0 aliphatic carbocycles. The van der Waals surface area contributed by atoms with Gasteiger partial charge in [0.25, 0.3) is 11.5 Å². The van der Waals surface area contributed by atoms with Crippen LogP contribution >= 0.6 is 0 Å². The maximum Gasteiger partial charge on any atom is 0.266 e. The number of carbonyl (C=O) groups is 1. The number of aromatic hydroxyl groups is 1. The molecule has 2 aromatic carbocycles. The molecule has 0 atom stereocenters. The van der Waals surface area contributed by atoms with Crippen molar-refractivity contribution in [2.24, 2.45) is 0 Å². The van der Waals surface area contributed by atoms with Gasteiger partial charge < -0.3 is 15.4 Å². The van der Waals surface area contributed by atoms with Crippen LogP contribution in [0.5, 0.6) is 5.75 Å². The minimum Gasteiger partial charge on any atom is -0.506 e. The molecule has 140 valence electrons. The van der Waals surface area contributed by atoms with Crippen molar-refractivity contribution in [1.82, 2.24) is 14.8 Å². The minimum atomic E-state index is -0.859. The number of nitrogens with one attached hydrogen (secondary N) is 2. The van der Waals surface area contributed by atoms with Crippen LogP contribution < -0.4 is 10.9 Å². The number of amides is 1. The number of anilines is 1. The molecule has 4 rings (SSSR count). The van der Waals surface area contributed by atoms with Gasteiger partial charge >= 0.3 is 0 Å². The van der Waals surface area contributed by atoms with Gasteiger partial charge in [0.05, 0.1) is 17.3 Å². The van der Waals surface area contributed by atoms with Crippen LogP contribution in [0.3, 0.4) is 0 Å².